The van der Waals surface area contributed by atoms with Crippen molar-refractivity contribution in [1.29, 1.82) is 0 Å². The Morgan fingerprint density at radius 3 is 2.22 bits per heavy atom. The van der Waals surface area contributed by atoms with Crippen molar-refractivity contribution in [2.75, 3.05) is 20.3 Å². The molecule has 5 nitrogen and oxygen atoms in total. The van der Waals surface area contributed by atoms with Crippen LogP contribution in [-0.2, 0) is 33.5 Å². The third-order valence-corrected chi connectivity index (χ3v) is 8.49. The lowest BCUT2D eigenvalue weighted by Crippen LogP contribution is -2.24. The van der Waals surface area contributed by atoms with Crippen molar-refractivity contribution in [2.45, 2.75) is 31.5 Å². The van der Waals surface area contributed by atoms with Gasteiger partial charge in [0.2, 0.25) is 0 Å². The van der Waals surface area contributed by atoms with Gasteiger partial charge in [0.15, 0.2) is 6.10 Å². The van der Waals surface area contributed by atoms with Crippen LogP contribution in [0.1, 0.15) is 45.0 Å². The molecule has 0 saturated carbocycles. The standard InChI is InChI=1S/C41H38O5/c1-44-39(41(42)43)27-30-16-21-35(22-17-30)45-25-26-46-40-37-24-19-33(31-11-6-3-7-12-31)28-34(37)20-23-36-32(13-8-14-38(36)40)18-15-29-9-4-2-5-10-29/h2-14,16-17,19-24,28,39-40H,15,18,25-27H2,1H3,(H,42,43). The number of hydrogen-bond acceptors (Lipinski definition) is 4. The van der Waals surface area contributed by atoms with E-state index < -0.39 is 12.1 Å². The lowest BCUT2D eigenvalue weighted by molar-refractivity contribution is -0.148. The fourth-order valence-electron chi connectivity index (χ4n) is 6.03. The lowest BCUT2D eigenvalue weighted by Gasteiger charge is -2.23. The molecule has 46 heavy (non-hydrogen) atoms. The smallest absolute Gasteiger partial charge is 0.333 e. The van der Waals surface area contributed by atoms with E-state index in [1.165, 1.54) is 34.9 Å². The Bertz CT molecular complexity index is 1780. The van der Waals surface area contributed by atoms with Gasteiger partial charge in [-0.3, -0.25) is 0 Å². The quantitative estimate of drug-likeness (QED) is 0.136. The second-order valence-electron chi connectivity index (χ2n) is 11.5. The molecule has 5 aromatic rings. The Labute approximate surface area is 270 Å². The van der Waals surface area contributed by atoms with Crippen molar-refractivity contribution in [3.8, 4) is 16.9 Å². The van der Waals surface area contributed by atoms with Gasteiger partial charge in [-0.25, -0.2) is 4.79 Å². The second kappa shape index (κ2) is 14.9. The topological polar surface area (TPSA) is 65.0 Å². The maximum absolute atomic E-state index is 11.3. The molecule has 1 aliphatic carbocycles. The van der Waals surface area contributed by atoms with Gasteiger partial charge in [-0.15, -0.1) is 0 Å². The van der Waals surface area contributed by atoms with E-state index in [1.54, 1.807) is 0 Å². The van der Waals surface area contributed by atoms with Crippen LogP contribution in [0.3, 0.4) is 0 Å². The van der Waals surface area contributed by atoms with Gasteiger partial charge in [-0.05, 0) is 81.1 Å². The highest BCUT2D eigenvalue weighted by atomic mass is 16.5. The summed E-state index contributed by atoms with van der Waals surface area (Å²) in [6, 6.07) is 41.7. The summed E-state index contributed by atoms with van der Waals surface area (Å²) in [5.74, 6) is -0.271. The summed E-state index contributed by atoms with van der Waals surface area (Å²) in [4.78, 5) is 11.3. The van der Waals surface area contributed by atoms with Crippen LogP contribution in [0.4, 0.5) is 0 Å². The van der Waals surface area contributed by atoms with Crippen LogP contribution in [0.2, 0.25) is 0 Å². The molecule has 232 valence electrons. The first-order chi connectivity index (χ1) is 22.6. The first-order valence-corrected chi connectivity index (χ1v) is 15.7. The minimum absolute atomic E-state index is 0.255. The molecule has 2 unspecified atom stereocenters. The van der Waals surface area contributed by atoms with Gasteiger partial charge >= 0.3 is 5.97 Å². The van der Waals surface area contributed by atoms with E-state index in [2.05, 4.69) is 103 Å². The lowest BCUT2D eigenvalue weighted by atomic mass is 9.91. The molecule has 2 atom stereocenters. The average Bonchev–Trinajstić information content (AvgIpc) is 3.26. The Morgan fingerprint density at radius 2 is 1.48 bits per heavy atom. The van der Waals surface area contributed by atoms with Gasteiger partial charge in [0, 0.05) is 13.5 Å². The number of carboxylic acids is 1. The number of ether oxygens (including phenoxy) is 3. The molecule has 0 amide bonds. The van der Waals surface area contributed by atoms with E-state index in [4.69, 9.17) is 14.2 Å². The summed E-state index contributed by atoms with van der Waals surface area (Å²) in [6.07, 6.45) is 5.56. The third kappa shape index (κ3) is 7.45. The van der Waals surface area contributed by atoms with E-state index in [-0.39, 0.29) is 6.10 Å². The molecular formula is C41H38O5. The maximum atomic E-state index is 11.3. The Hall–Kier alpha value is -4.97. The van der Waals surface area contributed by atoms with Crippen LogP contribution in [0, 0.1) is 0 Å². The molecule has 6 rings (SSSR count). The van der Waals surface area contributed by atoms with Crippen molar-refractivity contribution in [1.82, 2.24) is 0 Å². The van der Waals surface area contributed by atoms with E-state index in [9.17, 15) is 9.90 Å². The zero-order chi connectivity index (χ0) is 31.7. The zero-order valence-electron chi connectivity index (χ0n) is 26.0. The molecule has 0 fully saturated rings. The molecule has 1 aliphatic rings. The van der Waals surface area contributed by atoms with Gasteiger partial charge < -0.3 is 19.3 Å². The minimum atomic E-state index is -0.976. The second-order valence-corrected chi connectivity index (χ2v) is 11.5. The molecule has 0 saturated heterocycles. The third-order valence-electron chi connectivity index (χ3n) is 8.49. The summed E-state index contributed by atoms with van der Waals surface area (Å²) >= 11 is 0. The fourth-order valence-corrected chi connectivity index (χ4v) is 6.03. The highest BCUT2D eigenvalue weighted by Crippen LogP contribution is 2.38. The minimum Gasteiger partial charge on any atom is -0.491 e. The van der Waals surface area contributed by atoms with E-state index in [1.807, 2.05) is 30.3 Å². The van der Waals surface area contributed by atoms with Crippen LogP contribution in [0.25, 0.3) is 23.3 Å². The summed E-state index contributed by atoms with van der Waals surface area (Å²) in [5.41, 5.74) is 10.5. The molecule has 1 N–H and O–H groups in total. The number of methoxy groups -OCH3 is 1. The van der Waals surface area contributed by atoms with Crippen LogP contribution in [-0.4, -0.2) is 37.5 Å². The van der Waals surface area contributed by atoms with Gasteiger partial charge in [0.1, 0.15) is 18.5 Å². The Kier molecular flexibility index (Phi) is 10.0. The number of rotatable bonds is 13. The molecule has 5 aromatic carbocycles. The first kappa shape index (κ1) is 31.0. The van der Waals surface area contributed by atoms with Crippen molar-refractivity contribution in [2.24, 2.45) is 0 Å². The largest absolute Gasteiger partial charge is 0.491 e. The van der Waals surface area contributed by atoms with Crippen LogP contribution in [0.15, 0.2) is 121 Å². The highest BCUT2D eigenvalue weighted by molar-refractivity contribution is 5.80. The van der Waals surface area contributed by atoms with Crippen LogP contribution >= 0.6 is 0 Å². The summed E-state index contributed by atoms with van der Waals surface area (Å²) in [7, 11) is 1.41. The van der Waals surface area contributed by atoms with E-state index in [0.717, 1.165) is 35.1 Å². The number of carbonyl (C=O) groups is 1. The van der Waals surface area contributed by atoms with Crippen molar-refractivity contribution >= 4 is 18.1 Å². The van der Waals surface area contributed by atoms with Crippen molar-refractivity contribution < 1.29 is 24.1 Å². The van der Waals surface area contributed by atoms with E-state index in [0.29, 0.717) is 25.4 Å². The highest BCUT2D eigenvalue weighted by Gasteiger charge is 2.24. The molecule has 0 radical (unpaired) electrons. The number of hydrogen-bond donors (Lipinski definition) is 1. The first-order valence-electron chi connectivity index (χ1n) is 15.7. The monoisotopic (exact) mass is 610 g/mol. The predicted octanol–water partition coefficient (Wildman–Crippen LogP) is 8.45. The predicted molar refractivity (Wildman–Crippen MR) is 183 cm³/mol. The number of benzene rings is 5. The normalized spacial score (nSPS) is 14.2. The summed E-state index contributed by atoms with van der Waals surface area (Å²) < 4.78 is 17.8. The molecule has 0 bridgehead atoms. The van der Waals surface area contributed by atoms with Gasteiger partial charge in [0.05, 0.1) is 6.61 Å². The maximum Gasteiger partial charge on any atom is 0.333 e. The SMILES string of the molecule is COC(Cc1ccc(OCCOC2c3ccc(-c4ccccc4)cc3C=Cc3c(CCc4ccccc4)cccc32)cc1)C(=O)O. The number of fused-ring (bicyclic) bond motifs is 2. The molecule has 0 aliphatic heterocycles. The molecular weight excluding hydrogens is 572 g/mol. The average molecular weight is 611 g/mol. The fraction of sp³-hybridized carbons (Fsp3) is 0.195. The van der Waals surface area contributed by atoms with Gasteiger partial charge in [-0.2, -0.15) is 0 Å². The molecule has 0 aromatic heterocycles. The molecule has 0 heterocycles. The van der Waals surface area contributed by atoms with Gasteiger partial charge in [-0.1, -0.05) is 115 Å². The number of aliphatic carboxylic acids is 1. The molecule has 5 heteroatoms. The van der Waals surface area contributed by atoms with Crippen LogP contribution in [0.5, 0.6) is 5.75 Å². The Balaban J connectivity index is 1.21. The Morgan fingerprint density at radius 1 is 0.717 bits per heavy atom. The van der Waals surface area contributed by atoms with Crippen molar-refractivity contribution in [3.63, 3.8) is 0 Å². The number of carboxylic acid groups (broad SMARTS) is 1. The zero-order valence-corrected chi connectivity index (χ0v) is 26.0. The molecule has 0 spiro atoms. The van der Waals surface area contributed by atoms with Crippen molar-refractivity contribution in [3.05, 3.63) is 160 Å². The van der Waals surface area contributed by atoms with Crippen LogP contribution < -0.4 is 4.74 Å². The summed E-state index contributed by atoms with van der Waals surface area (Å²) in [5, 5.41) is 9.27. The number of aryl methyl sites for hydroxylation is 2. The van der Waals surface area contributed by atoms with Gasteiger partial charge in [0.25, 0.3) is 0 Å². The summed E-state index contributed by atoms with van der Waals surface area (Å²) in [6.45, 7) is 0.768. The van der Waals surface area contributed by atoms with E-state index >= 15 is 0 Å².